The van der Waals surface area contributed by atoms with Crippen LogP contribution >= 0.6 is 11.8 Å². The zero-order valence-corrected chi connectivity index (χ0v) is 13.5. The van der Waals surface area contributed by atoms with Crippen molar-refractivity contribution in [2.24, 2.45) is 5.84 Å². The Labute approximate surface area is 130 Å². The lowest BCUT2D eigenvalue weighted by Gasteiger charge is -2.20. The molecule has 0 saturated heterocycles. The first kappa shape index (κ1) is 15.9. The molecule has 2 rings (SSSR count). The molecule has 112 valence electrons. The van der Waals surface area contributed by atoms with E-state index in [1.807, 2.05) is 12.1 Å². The van der Waals surface area contributed by atoms with E-state index < -0.39 is 0 Å². The van der Waals surface area contributed by atoms with Crippen LogP contribution < -0.4 is 16.0 Å². The average molecular weight is 302 g/mol. The third kappa shape index (κ3) is 3.79. The van der Waals surface area contributed by atoms with Crippen LogP contribution in [0.4, 0.5) is 0 Å². The van der Waals surface area contributed by atoms with Gasteiger partial charge in [-0.2, -0.15) is 0 Å². The highest BCUT2D eigenvalue weighted by Gasteiger charge is 2.16. The van der Waals surface area contributed by atoms with Crippen LogP contribution in [0.1, 0.15) is 22.7 Å². The van der Waals surface area contributed by atoms with Gasteiger partial charge in [0.15, 0.2) is 0 Å². The molecule has 21 heavy (non-hydrogen) atoms. The lowest BCUT2D eigenvalue weighted by atomic mass is 9.97. The fourth-order valence-electron chi connectivity index (χ4n) is 2.50. The number of nitrogens with one attached hydrogen (secondary N) is 1. The monoisotopic (exact) mass is 302 g/mol. The van der Waals surface area contributed by atoms with E-state index in [1.54, 1.807) is 18.9 Å². The van der Waals surface area contributed by atoms with Crippen molar-refractivity contribution in [3.63, 3.8) is 0 Å². The lowest BCUT2D eigenvalue weighted by Crippen LogP contribution is -2.30. The van der Waals surface area contributed by atoms with Gasteiger partial charge in [-0.15, -0.1) is 11.8 Å². The molecule has 0 bridgehead atoms. The Kier molecular flexibility index (Phi) is 5.67. The number of methoxy groups -OCH3 is 1. The van der Waals surface area contributed by atoms with Gasteiger partial charge in [0.1, 0.15) is 5.75 Å². The van der Waals surface area contributed by atoms with Crippen molar-refractivity contribution in [3.8, 4) is 5.75 Å². The molecule has 0 fully saturated rings. The number of hydrazine groups is 1. The van der Waals surface area contributed by atoms with E-state index in [4.69, 9.17) is 10.6 Å². The lowest BCUT2D eigenvalue weighted by molar-refractivity contribution is 0.405. The summed E-state index contributed by atoms with van der Waals surface area (Å²) in [4.78, 5) is 1.24. The number of hydrogen-bond donors (Lipinski definition) is 2. The Morgan fingerprint density at radius 1 is 1.24 bits per heavy atom. The largest absolute Gasteiger partial charge is 0.496 e. The van der Waals surface area contributed by atoms with Crippen LogP contribution in [0.3, 0.4) is 0 Å². The van der Waals surface area contributed by atoms with Crippen LogP contribution in [0, 0.1) is 6.92 Å². The van der Waals surface area contributed by atoms with Gasteiger partial charge >= 0.3 is 0 Å². The maximum atomic E-state index is 5.81. The molecule has 0 aliphatic carbocycles. The molecule has 0 amide bonds. The molecule has 0 aliphatic rings. The summed E-state index contributed by atoms with van der Waals surface area (Å²) in [6, 6.07) is 14.6. The molecule has 2 aromatic rings. The highest BCUT2D eigenvalue weighted by atomic mass is 32.2. The first-order chi connectivity index (χ1) is 10.2. The average Bonchev–Trinajstić information content (AvgIpc) is 2.52. The second-order valence-electron chi connectivity index (χ2n) is 4.98. The van der Waals surface area contributed by atoms with Crippen LogP contribution in [0.2, 0.25) is 0 Å². The van der Waals surface area contributed by atoms with E-state index in [2.05, 4.69) is 48.9 Å². The summed E-state index contributed by atoms with van der Waals surface area (Å²) in [6.07, 6.45) is 2.87. The SMILES string of the molecule is COc1ccc(C)cc1CC(NN)c1ccccc1SC. The van der Waals surface area contributed by atoms with Crippen LogP contribution in [-0.4, -0.2) is 13.4 Å². The minimum atomic E-state index is 0.0596. The summed E-state index contributed by atoms with van der Waals surface area (Å²) in [5.41, 5.74) is 6.55. The van der Waals surface area contributed by atoms with E-state index >= 15 is 0 Å². The third-order valence-electron chi connectivity index (χ3n) is 3.58. The Bertz CT molecular complexity index is 601. The number of hydrogen-bond acceptors (Lipinski definition) is 4. The van der Waals surface area contributed by atoms with Gasteiger partial charge in [0.05, 0.1) is 13.2 Å². The van der Waals surface area contributed by atoms with Gasteiger partial charge in [-0.3, -0.25) is 11.3 Å². The van der Waals surface area contributed by atoms with Crippen LogP contribution in [0.5, 0.6) is 5.75 Å². The van der Waals surface area contributed by atoms with Crippen molar-refractivity contribution < 1.29 is 4.74 Å². The number of nitrogens with two attached hydrogens (primary N) is 1. The van der Waals surface area contributed by atoms with Gasteiger partial charge in [-0.25, -0.2) is 0 Å². The molecular weight excluding hydrogens is 280 g/mol. The van der Waals surface area contributed by atoms with Crippen LogP contribution in [0.25, 0.3) is 0 Å². The molecule has 2 aromatic carbocycles. The predicted octanol–water partition coefficient (Wildman–Crippen LogP) is 3.47. The van der Waals surface area contributed by atoms with Crippen molar-refractivity contribution in [1.29, 1.82) is 0 Å². The fraction of sp³-hybridized carbons (Fsp3) is 0.294. The smallest absolute Gasteiger partial charge is 0.122 e. The van der Waals surface area contributed by atoms with E-state index in [0.29, 0.717) is 0 Å². The topological polar surface area (TPSA) is 47.3 Å². The van der Waals surface area contributed by atoms with Crippen molar-refractivity contribution in [2.75, 3.05) is 13.4 Å². The molecule has 3 N–H and O–H groups in total. The van der Waals surface area contributed by atoms with Gasteiger partial charge in [0.2, 0.25) is 0 Å². The molecule has 3 nitrogen and oxygen atoms in total. The summed E-state index contributed by atoms with van der Waals surface area (Å²) in [6.45, 7) is 2.09. The number of thioether (sulfide) groups is 1. The Morgan fingerprint density at radius 3 is 2.67 bits per heavy atom. The summed E-state index contributed by atoms with van der Waals surface area (Å²) in [5, 5.41) is 0. The van der Waals surface area contributed by atoms with Crippen molar-refractivity contribution in [1.82, 2.24) is 5.43 Å². The fourth-order valence-corrected chi connectivity index (χ4v) is 3.16. The number of ether oxygens (including phenoxy) is 1. The first-order valence-corrected chi connectivity index (χ1v) is 8.14. The Morgan fingerprint density at radius 2 is 2.00 bits per heavy atom. The Hall–Kier alpha value is -1.49. The van der Waals surface area contributed by atoms with Crippen molar-refractivity contribution >= 4 is 11.8 Å². The van der Waals surface area contributed by atoms with Gasteiger partial charge in [-0.1, -0.05) is 35.9 Å². The zero-order valence-electron chi connectivity index (χ0n) is 12.7. The second-order valence-corrected chi connectivity index (χ2v) is 5.83. The van der Waals surface area contributed by atoms with Gasteiger partial charge < -0.3 is 4.74 Å². The molecule has 0 heterocycles. The van der Waals surface area contributed by atoms with E-state index in [1.165, 1.54) is 16.0 Å². The maximum Gasteiger partial charge on any atom is 0.122 e. The number of rotatable bonds is 6. The maximum absolute atomic E-state index is 5.81. The molecule has 4 heteroatoms. The first-order valence-electron chi connectivity index (χ1n) is 6.92. The Balaban J connectivity index is 2.33. The van der Waals surface area contributed by atoms with Crippen molar-refractivity contribution in [3.05, 3.63) is 59.2 Å². The van der Waals surface area contributed by atoms with E-state index in [-0.39, 0.29) is 6.04 Å². The summed E-state index contributed by atoms with van der Waals surface area (Å²) in [7, 11) is 1.70. The highest BCUT2D eigenvalue weighted by molar-refractivity contribution is 7.98. The molecule has 0 aliphatic heterocycles. The molecule has 1 atom stereocenters. The number of aryl methyl sites for hydroxylation is 1. The van der Waals surface area contributed by atoms with E-state index in [9.17, 15) is 0 Å². The zero-order chi connectivity index (χ0) is 15.2. The predicted molar refractivity (Wildman–Crippen MR) is 89.7 cm³/mol. The van der Waals surface area contributed by atoms with Gasteiger partial charge in [-0.05, 0) is 42.9 Å². The van der Waals surface area contributed by atoms with E-state index in [0.717, 1.165) is 17.7 Å². The molecule has 1 unspecified atom stereocenters. The minimum Gasteiger partial charge on any atom is -0.496 e. The standard InChI is InChI=1S/C17H22N2OS/c1-12-8-9-16(20-2)13(10-12)11-15(19-18)14-6-4-5-7-17(14)21-3/h4-10,15,19H,11,18H2,1-3H3. The molecule has 0 spiro atoms. The normalized spacial score (nSPS) is 12.2. The minimum absolute atomic E-state index is 0.0596. The second kappa shape index (κ2) is 7.50. The van der Waals surface area contributed by atoms with Crippen LogP contribution in [0.15, 0.2) is 47.4 Å². The summed E-state index contributed by atoms with van der Waals surface area (Å²) < 4.78 is 5.46. The van der Waals surface area contributed by atoms with Crippen molar-refractivity contribution in [2.45, 2.75) is 24.3 Å². The van der Waals surface area contributed by atoms with Gasteiger partial charge in [0, 0.05) is 4.90 Å². The molecule has 0 aromatic heterocycles. The number of benzene rings is 2. The molecule has 0 saturated carbocycles. The molecular formula is C17H22N2OS. The quantitative estimate of drug-likeness (QED) is 0.487. The highest BCUT2D eigenvalue weighted by Crippen LogP contribution is 2.30. The summed E-state index contributed by atoms with van der Waals surface area (Å²) >= 11 is 1.74. The van der Waals surface area contributed by atoms with Crippen LogP contribution in [-0.2, 0) is 6.42 Å². The summed E-state index contributed by atoms with van der Waals surface area (Å²) in [5.74, 6) is 6.71. The molecule has 0 radical (unpaired) electrons. The third-order valence-corrected chi connectivity index (χ3v) is 4.39. The van der Waals surface area contributed by atoms with Gasteiger partial charge in [0.25, 0.3) is 0 Å².